The topological polar surface area (TPSA) is 31.6 Å². The highest BCUT2D eigenvalue weighted by atomic mass is 28.3. The van der Waals surface area contributed by atoms with Crippen LogP contribution in [0.2, 0.25) is 0 Å². The van der Waals surface area contributed by atoms with E-state index >= 15 is 0 Å². The number of benzene rings is 7. The van der Waals surface area contributed by atoms with E-state index in [1.54, 1.807) is 0 Å². The van der Waals surface area contributed by atoms with Gasteiger partial charge in [-0.15, -0.1) is 0 Å². The van der Waals surface area contributed by atoms with Gasteiger partial charge in [0.1, 0.15) is 8.80 Å². The van der Waals surface area contributed by atoms with Crippen molar-refractivity contribution in [2.45, 2.75) is 0 Å². The van der Waals surface area contributed by atoms with Crippen molar-refractivity contribution in [2.24, 2.45) is 0 Å². The number of aromatic nitrogens is 2. The van der Waals surface area contributed by atoms with Crippen LogP contribution in [0.1, 0.15) is 0 Å². The van der Waals surface area contributed by atoms with Crippen molar-refractivity contribution < 1.29 is 0 Å². The molecule has 45 heavy (non-hydrogen) atoms. The molecule has 0 aliphatic heterocycles. The summed E-state index contributed by atoms with van der Waals surface area (Å²) in [5.41, 5.74) is 9.62. The summed E-state index contributed by atoms with van der Waals surface area (Å²) in [6.45, 7) is 0. The molecule has 0 radical (unpaired) electrons. The average molecular weight is 591 g/mol. The van der Waals surface area contributed by atoms with Gasteiger partial charge in [0, 0.05) is 43.7 Å². The van der Waals surface area contributed by atoms with Crippen molar-refractivity contribution in [2.75, 3.05) is 0 Å². The molecule has 9 rings (SSSR count). The molecular formula is C42H30N2Si. The molecule has 9 aromatic rings. The van der Waals surface area contributed by atoms with Gasteiger partial charge >= 0.3 is 0 Å². The van der Waals surface area contributed by atoms with Crippen molar-refractivity contribution in [3.63, 3.8) is 0 Å². The Labute approximate surface area is 263 Å². The molecule has 2 nitrogen and oxygen atoms in total. The molecule has 0 bridgehead atoms. The van der Waals surface area contributed by atoms with Crippen LogP contribution in [-0.4, -0.2) is 18.8 Å². The average Bonchev–Trinajstić information content (AvgIpc) is 3.68. The van der Waals surface area contributed by atoms with E-state index in [0.717, 1.165) is 0 Å². The summed E-state index contributed by atoms with van der Waals surface area (Å²) in [5, 5.41) is 9.27. The Bertz CT molecular complexity index is 2320. The summed E-state index contributed by atoms with van der Waals surface area (Å²) in [6, 6.07) is 60.2. The number of para-hydroxylation sites is 4. The molecule has 3 heteroatoms. The highest BCUT2D eigenvalue weighted by Gasteiger charge is 2.22. The Hall–Kier alpha value is -5.64. The second-order valence-electron chi connectivity index (χ2n) is 11.9. The third-order valence-electron chi connectivity index (χ3n) is 9.26. The van der Waals surface area contributed by atoms with Gasteiger partial charge in [0.2, 0.25) is 0 Å². The third-order valence-corrected chi connectivity index (χ3v) is 12.4. The molecule has 0 spiro atoms. The lowest BCUT2D eigenvalue weighted by molar-refractivity contribution is 1.53. The maximum atomic E-state index is 3.77. The number of hydrogen-bond donors (Lipinski definition) is 2. The number of hydrogen-bond acceptors (Lipinski definition) is 0. The summed E-state index contributed by atoms with van der Waals surface area (Å²) in [5.74, 6) is 0. The van der Waals surface area contributed by atoms with Crippen LogP contribution in [0, 0.1) is 0 Å². The van der Waals surface area contributed by atoms with Gasteiger partial charge in [-0.25, -0.2) is 0 Å². The molecule has 2 heterocycles. The standard InChI is InChI=1S/C42H30N2Si/c1-3-13-30(14-4-1)45(31-15-5-2-6-16-31)32-26-28(33-19-11-21-37-35-17-7-9-23-39(35)43-41(33)37)25-29(27-32)34-20-12-22-38-36-18-8-10-24-40(36)44-42(34)38/h1-27,43-45H. The fourth-order valence-electron chi connectivity index (χ4n) is 7.22. The number of fused-ring (bicyclic) bond motifs is 6. The minimum atomic E-state index is -1.81. The van der Waals surface area contributed by atoms with E-state index in [1.807, 2.05) is 0 Å². The van der Waals surface area contributed by atoms with Crippen LogP contribution in [0.15, 0.2) is 164 Å². The van der Waals surface area contributed by atoms with Crippen molar-refractivity contribution in [3.05, 3.63) is 164 Å². The fraction of sp³-hybridized carbons (Fsp3) is 0. The largest absolute Gasteiger partial charge is 0.354 e. The van der Waals surface area contributed by atoms with E-state index in [9.17, 15) is 0 Å². The summed E-state index contributed by atoms with van der Waals surface area (Å²) in [6.07, 6.45) is 0. The Kier molecular flexibility index (Phi) is 6.03. The van der Waals surface area contributed by atoms with Crippen LogP contribution in [0.3, 0.4) is 0 Å². The zero-order valence-corrected chi connectivity index (χ0v) is 25.8. The van der Waals surface area contributed by atoms with E-state index < -0.39 is 8.80 Å². The summed E-state index contributed by atoms with van der Waals surface area (Å²) >= 11 is 0. The first-order valence-corrected chi connectivity index (χ1v) is 17.3. The van der Waals surface area contributed by atoms with Gasteiger partial charge < -0.3 is 9.97 Å². The molecule has 0 saturated carbocycles. The molecule has 2 N–H and O–H groups in total. The third kappa shape index (κ3) is 4.32. The molecule has 0 aliphatic rings. The molecule has 7 aromatic carbocycles. The Balaban J connectivity index is 1.35. The Morgan fingerprint density at radius 3 is 1.24 bits per heavy atom. The molecule has 0 atom stereocenters. The summed E-state index contributed by atoms with van der Waals surface area (Å²) in [7, 11) is -1.81. The molecular weight excluding hydrogens is 561 g/mol. The molecule has 2 aromatic heterocycles. The second-order valence-corrected chi connectivity index (χ2v) is 14.8. The summed E-state index contributed by atoms with van der Waals surface area (Å²) < 4.78 is 0. The molecule has 0 saturated heterocycles. The lowest BCUT2D eigenvalue weighted by Crippen LogP contribution is -2.52. The minimum Gasteiger partial charge on any atom is -0.354 e. The predicted molar refractivity (Wildman–Crippen MR) is 195 cm³/mol. The number of aromatic amines is 2. The minimum absolute atomic E-state index is 1.17. The Morgan fingerprint density at radius 1 is 0.333 bits per heavy atom. The predicted octanol–water partition coefficient (Wildman–Crippen LogP) is 8.54. The first-order chi connectivity index (χ1) is 22.3. The molecule has 0 fully saturated rings. The highest BCUT2D eigenvalue weighted by Crippen LogP contribution is 2.37. The van der Waals surface area contributed by atoms with Crippen LogP contribution in [-0.2, 0) is 0 Å². The van der Waals surface area contributed by atoms with Gasteiger partial charge in [-0.1, -0.05) is 161 Å². The molecule has 0 aliphatic carbocycles. The number of rotatable bonds is 5. The first kappa shape index (κ1) is 25.8. The van der Waals surface area contributed by atoms with Crippen molar-refractivity contribution in [1.82, 2.24) is 9.97 Å². The van der Waals surface area contributed by atoms with E-state index in [4.69, 9.17) is 0 Å². The van der Waals surface area contributed by atoms with Gasteiger partial charge in [0.15, 0.2) is 0 Å². The lowest BCUT2D eigenvalue weighted by Gasteiger charge is -2.20. The molecule has 212 valence electrons. The number of nitrogens with one attached hydrogen (secondary N) is 2. The van der Waals surface area contributed by atoms with Gasteiger partial charge in [0.05, 0.1) is 11.0 Å². The number of H-pyrrole nitrogens is 2. The second kappa shape index (κ2) is 10.5. The van der Waals surface area contributed by atoms with Crippen LogP contribution < -0.4 is 15.6 Å². The normalized spacial score (nSPS) is 11.8. The Morgan fingerprint density at radius 2 is 0.756 bits per heavy atom. The van der Waals surface area contributed by atoms with E-state index in [2.05, 4.69) is 174 Å². The highest BCUT2D eigenvalue weighted by molar-refractivity contribution is 6.95. The zero-order valence-electron chi connectivity index (χ0n) is 24.7. The van der Waals surface area contributed by atoms with Gasteiger partial charge in [-0.3, -0.25) is 0 Å². The van der Waals surface area contributed by atoms with Crippen molar-refractivity contribution in [3.8, 4) is 22.3 Å². The van der Waals surface area contributed by atoms with E-state index in [1.165, 1.54) is 81.4 Å². The van der Waals surface area contributed by atoms with Gasteiger partial charge in [-0.2, -0.15) is 0 Å². The van der Waals surface area contributed by atoms with Crippen LogP contribution in [0.25, 0.3) is 65.9 Å². The maximum absolute atomic E-state index is 3.77. The van der Waals surface area contributed by atoms with Crippen molar-refractivity contribution >= 4 is 68.0 Å². The quantitative estimate of drug-likeness (QED) is 0.149. The fourth-order valence-corrected chi connectivity index (χ4v) is 10.3. The first-order valence-electron chi connectivity index (χ1n) is 15.6. The van der Waals surface area contributed by atoms with Crippen LogP contribution in [0.5, 0.6) is 0 Å². The lowest BCUT2D eigenvalue weighted by atomic mass is 9.96. The molecule has 0 unspecified atom stereocenters. The zero-order chi connectivity index (χ0) is 29.7. The SMILES string of the molecule is c1ccc([SiH](c2ccccc2)c2cc(-c3cccc4c3[nH]c3ccccc34)cc(-c3cccc4c3[nH]c3ccccc34)c2)cc1. The summed E-state index contributed by atoms with van der Waals surface area (Å²) in [4.78, 5) is 7.54. The monoisotopic (exact) mass is 590 g/mol. The smallest absolute Gasteiger partial charge is 0.133 e. The van der Waals surface area contributed by atoms with E-state index in [0.29, 0.717) is 0 Å². The van der Waals surface area contributed by atoms with Crippen molar-refractivity contribution in [1.29, 1.82) is 0 Å². The van der Waals surface area contributed by atoms with Crippen LogP contribution >= 0.6 is 0 Å². The van der Waals surface area contributed by atoms with Gasteiger partial charge in [-0.05, 0) is 29.3 Å². The molecule has 0 amide bonds. The van der Waals surface area contributed by atoms with E-state index in [-0.39, 0.29) is 0 Å². The van der Waals surface area contributed by atoms with Gasteiger partial charge in [0.25, 0.3) is 0 Å². The maximum Gasteiger partial charge on any atom is 0.133 e. The van der Waals surface area contributed by atoms with Crippen LogP contribution in [0.4, 0.5) is 0 Å².